The monoisotopic (exact) mass is 417 g/mol. The van der Waals surface area contributed by atoms with Gasteiger partial charge in [0.25, 0.3) is 0 Å². The molecule has 0 saturated carbocycles. The van der Waals surface area contributed by atoms with Crippen molar-refractivity contribution in [2.45, 2.75) is 6.18 Å². The summed E-state index contributed by atoms with van der Waals surface area (Å²) in [5.41, 5.74) is -2.97. The molecule has 3 nitrogen and oxygen atoms in total. The Morgan fingerprint density at radius 2 is 1.71 bits per heavy atom. The molecule has 144 valence electrons. The Kier molecular flexibility index (Phi) is 4.14. The lowest BCUT2D eigenvalue weighted by Crippen LogP contribution is -2.07. The van der Waals surface area contributed by atoms with Gasteiger partial charge in [-0.1, -0.05) is 6.07 Å². The van der Waals surface area contributed by atoms with Crippen LogP contribution in [0.4, 0.5) is 30.7 Å². The van der Waals surface area contributed by atoms with Crippen LogP contribution in [0.2, 0.25) is 0 Å². The first-order chi connectivity index (χ1) is 13.2. The van der Waals surface area contributed by atoms with Gasteiger partial charge in [0.1, 0.15) is 0 Å². The van der Waals surface area contributed by atoms with Crippen molar-refractivity contribution in [2.75, 3.05) is 0 Å². The smallest absolute Gasteiger partial charge is 0.228 e. The molecule has 0 radical (unpaired) electrons. The standard InChI is InChI=1S/C17H6F7N3S/c18-8-6-7(12(19)14(21)13(8)20)9-3-4-27-16(25-9)11(10-2-1-5-28-10)15(26-27)17(22,23)24/h1-6H. The molecule has 0 saturated heterocycles. The van der Waals surface area contributed by atoms with E-state index in [1.807, 2.05) is 0 Å². The first kappa shape index (κ1) is 18.4. The van der Waals surface area contributed by atoms with E-state index >= 15 is 0 Å². The Hall–Kier alpha value is -2.95. The summed E-state index contributed by atoms with van der Waals surface area (Å²) in [6.07, 6.45) is -3.75. The molecule has 4 aromatic rings. The molecule has 11 heteroatoms. The van der Waals surface area contributed by atoms with Crippen molar-refractivity contribution in [1.82, 2.24) is 14.6 Å². The molecule has 0 atom stereocenters. The van der Waals surface area contributed by atoms with Crippen molar-refractivity contribution >= 4 is 17.0 Å². The number of rotatable bonds is 2. The summed E-state index contributed by atoms with van der Waals surface area (Å²) in [7, 11) is 0. The number of fused-ring (bicyclic) bond motifs is 1. The molecule has 3 heterocycles. The number of alkyl halides is 3. The van der Waals surface area contributed by atoms with E-state index < -0.39 is 40.7 Å². The lowest BCUT2D eigenvalue weighted by atomic mass is 10.1. The highest BCUT2D eigenvalue weighted by molar-refractivity contribution is 7.13. The predicted octanol–water partition coefficient (Wildman–Crippen LogP) is 5.70. The van der Waals surface area contributed by atoms with Gasteiger partial charge in [0.15, 0.2) is 34.6 Å². The maximum Gasteiger partial charge on any atom is 0.435 e. The van der Waals surface area contributed by atoms with Gasteiger partial charge in [0, 0.05) is 16.6 Å². The lowest BCUT2D eigenvalue weighted by Gasteiger charge is -2.07. The molecule has 0 aliphatic heterocycles. The van der Waals surface area contributed by atoms with Crippen LogP contribution in [0.3, 0.4) is 0 Å². The molecule has 0 aliphatic rings. The van der Waals surface area contributed by atoms with E-state index in [1.165, 1.54) is 12.1 Å². The van der Waals surface area contributed by atoms with Gasteiger partial charge in [-0.05, 0) is 23.6 Å². The fourth-order valence-electron chi connectivity index (χ4n) is 2.68. The van der Waals surface area contributed by atoms with Crippen LogP contribution in [0.1, 0.15) is 5.69 Å². The Morgan fingerprint density at radius 3 is 2.36 bits per heavy atom. The summed E-state index contributed by atoms with van der Waals surface area (Å²) in [5.74, 6) is -7.40. The van der Waals surface area contributed by atoms with Gasteiger partial charge in [0.2, 0.25) is 0 Å². The van der Waals surface area contributed by atoms with Gasteiger partial charge >= 0.3 is 6.18 Å². The average Bonchev–Trinajstić information content (AvgIpc) is 3.29. The molecule has 4 rings (SSSR count). The van der Waals surface area contributed by atoms with E-state index in [9.17, 15) is 30.7 Å². The fourth-order valence-corrected chi connectivity index (χ4v) is 3.45. The number of halogens is 7. The van der Waals surface area contributed by atoms with Crippen molar-refractivity contribution < 1.29 is 30.7 Å². The van der Waals surface area contributed by atoms with Crippen molar-refractivity contribution in [2.24, 2.45) is 0 Å². The molecule has 0 unspecified atom stereocenters. The maximum atomic E-state index is 14.1. The van der Waals surface area contributed by atoms with Gasteiger partial charge in [-0.2, -0.15) is 18.3 Å². The number of benzene rings is 1. The van der Waals surface area contributed by atoms with Gasteiger partial charge in [-0.3, -0.25) is 0 Å². The Balaban J connectivity index is 2.02. The summed E-state index contributed by atoms with van der Waals surface area (Å²) in [5, 5.41) is 5.03. The molecule has 0 spiro atoms. The van der Waals surface area contributed by atoms with Gasteiger partial charge < -0.3 is 0 Å². The van der Waals surface area contributed by atoms with Crippen LogP contribution in [-0.4, -0.2) is 14.6 Å². The van der Waals surface area contributed by atoms with E-state index in [4.69, 9.17) is 0 Å². The topological polar surface area (TPSA) is 30.2 Å². The molecule has 0 aliphatic carbocycles. The number of aromatic nitrogens is 3. The third-order valence-corrected chi connectivity index (χ3v) is 4.79. The van der Waals surface area contributed by atoms with E-state index in [0.29, 0.717) is 6.07 Å². The third-order valence-electron chi connectivity index (χ3n) is 3.90. The van der Waals surface area contributed by atoms with Crippen LogP contribution in [0.25, 0.3) is 27.3 Å². The van der Waals surface area contributed by atoms with Crippen LogP contribution in [0.5, 0.6) is 0 Å². The Bertz CT molecular complexity index is 1200. The Labute approximate surface area is 155 Å². The summed E-state index contributed by atoms with van der Waals surface area (Å²) in [4.78, 5) is 4.12. The number of nitrogens with zero attached hydrogens (tertiary/aromatic N) is 3. The lowest BCUT2D eigenvalue weighted by molar-refractivity contribution is -0.140. The van der Waals surface area contributed by atoms with Crippen LogP contribution >= 0.6 is 11.3 Å². The first-order valence-electron chi connectivity index (χ1n) is 7.52. The number of hydrogen-bond donors (Lipinski definition) is 0. The molecule has 0 N–H and O–H groups in total. The molecule has 3 aromatic heterocycles. The van der Waals surface area contributed by atoms with Gasteiger partial charge in [-0.25, -0.2) is 27.1 Å². The van der Waals surface area contributed by atoms with Crippen molar-refractivity contribution in [1.29, 1.82) is 0 Å². The largest absolute Gasteiger partial charge is 0.435 e. The van der Waals surface area contributed by atoms with Gasteiger partial charge in [-0.15, -0.1) is 11.3 Å². The number of thiophene rings is 1. The third kappa shape index (κ3) is 2.82. The van der Waals surface area contributed by atoms with E-state index in [0.717, 1.165) is 28.1 Å². The minimum absolute atomic E-state index is 0.198. The van der Waals surface area contributed by atoms with Crippen molar-refractivity contribution in [3.05, 3.63) is 64.8 Å². The molecule has 0 bridgehead atoms. The normalized spacial score (nSPS) is 12.1. The van der Waals surface area contributed by atoms with Crippen LogP contribution in [0, 0.1) is 23.3 Å². The Morgan fingerprint density at radius 1 is 0.964 bits per heavy atom. The predicted molar refractivity (Wildman–Crippen MR) is 86.6 cm³/mol. The summed E-state index contributed by atoms with van der Waals surface area (Å²) < 4.78 is 95.4. The summed E-state index contributed by atoms with van der Waals surface area (Å²) in [6.45, 7) is 0. The van der Waals surface area contributed by atoms with Crippen molar-refractivity contribution in [3.8, 4) is 21.7 Å². The molecule has 0 amide bonds. The highest BCUT2D eigenvalue weighted by Gasteiger charge is 2.39. The van der Waals surface area contributed by atoms with Crippen LogP contribution in [0.15, 0.2) is 35.8 Å². The number of hydrogen-bond acceptors (Lipinski definition) is 3. The average molecular weight is 417 g/mol. The van der Waals surface area contributed by atoms with E-state index in [-0.39, 0.29) is 21.8 Å². The molecule has 0 fully saturated rings. The highest BCUT2D eigenvalue weighted by atomic mass is 32.1. The highest BCUT2D eigenvalue weighted by Crippen LogP contribution is 2.40. The van der Waals surface area contributed by atoms with Crippen LogP contribution < -0.4 is 0 Å². The molecule has 28 heavy (non-hydrogen) atoms. The maximum absolute atomic E-state index is 14.1. The van der Waals surface area contributed by atoms with Crippen LogP contribution in [-0.2, 0) is 6.18 Å². The van der Waals surface area contributed by atoms with E-state index in [2.05, 4.69) is 10.1 Å². The zero-order chi connectivity index (χ0) is 20.2. The first-order valence-corrected chi connectivity index (χ1v) is 8.40. The van der Waals surface area contributed by atoms with Crippen molar-refractivity contribution in [3.63, 3.8) is 0 Å². The zero-order valence-corrected chi connectivity index (χ0v) is 14.2. The zero-order valence-electron chi connectivity index (χ0n) is 13.4. The van der Waals surface area contributed by atoms with E-state index in [1.54, 1.807) is 5.38 Å². The summed E-state index contributed by atoms with van der Waals surface area (Å²) >= 11 is 1.00. The molecular weight excluding hydrogens is 411 g/mol. The minimum Gasteiger partial charge on any atom is -0.228 e. The van der Waals surface area contributed by atoms with Gasteiger partial charge in [0.05, 0.1) is 11.3 Å². The second-order valence-electron chi connectivity index (χ2n) is 5.63. The second kappa shape index (κ2) is 6.30. The fraction of sp³-hybridized carbons (Fsp3) is 0.0588. The SMILES string of the molecule is Fc1cc(-c2ccn3nc(C(F)(F)F)c(-c4cccs4)c3n2)c(F)c(F)c1F. The molecular formula is C17H6F7N3S. The quantitative estimate of drug-likeness (QED) is 0.238. The summed E-state index contributed by atoms with van der Waals surface area (Å²) in [6, 6.07) is 4.35. The second-order valence-corrected chi connectivity index (χ2v) is 6.58. The molecule has 1 aromatic carbocycles. The minimum atomic E-state index is -4.80.